The molecule has 1 radical (unpaired) electrons. The Kier molecular flexibility index (Phi) is 2.83. The normalized spacial score (nSPS) is 16.7. The van der Waals surface area contributed by atoms with Crippen molar-refractivity contribution in [1.82, 2.24) is 0 Å². The van der Waals surface area contributed by atoms with Crippen molar-refractivity contribution >= 4 is 31.9 Å². The van der Waals surface area contributed by atoms with Gasteiger partial charge in [-0.25, -0.2) is 0 Å². The predicted octanol–water partition coefficient (Wildman–Crippen LogP) is 2.76. The Morgan fingerprint density at radius 1 is 1.71 bits per heavy atom. The summed E-state index contributed by atoms with van der Waals surface area (Å²) in [5.74, 6) is 0. The molecule has 0 saturated carbocycles. The maximum Gasteiger partial charge on any atom is 0.0352 e. The zero-order valence-electron chi connectivity index (χ0n) is 4.54. The number of hydrogen-bond donors (Lipinski definition) is 0. The van der Waals surface area contributed by atoms with Gasteiger partial charge in [-0.3, -0.25) is 0 Å². The van der Waals surface area contributed by atoms with Crippen LogP contribution in [0.5, 0.6) is 0 Å². The Hall–Kier alpha value is 0.960. The summed E-state index contributed by atoms with van der Waals surface area (Å²) in [6.07, 6.45) is 0. The van der Waals surface area contributed by atoms with Crippen LogP contribution in [0.3, 0.4) is 0 Å². The van der Waals surface area contributed by atoms with Crippen LogP contribution in [-0.2, 0) is 0 Å². The minimum Gasteiger partial charge on any atom is -0.0879 e. The molecule has 0 nitrogen and oxygen atoms in total. The Morgan fingerprint density at radius 2 is 1.86 bits per heavy atom. The third kappa shape index (κ3) is 3.53. The average Bonchev–Trinajstić information content (AvgIpc) is 1.31. The summed E-state index contributed by atoms with van der Waals surface area (Å²) in [5, 5.41) is 0. The smallest absolute Gasteiger partial charge is 0.0352 e. The zero-order valence-corrected chi connectivity index (χ0v) is 7.71. The van der Waals surface area contributed by atoms with Crippen molar-refractivity contribution in [3.05, 3.63) is 6.92 Å². The Labute approximate surface area is 61.9 Å². The summed E-state index contributed by atoms with van der Waals surface area (Å²) in [4.78, 5) is 0.417. The molecule has 0 saturated heterocycles. The molecule has 0 spiro atoms. The van der Waals surface area contributed by atoms with E-state index >= 15 is 0 Å². The van der Waals surface area contributed by atoms with Gasteiger partial charge in [-0.05, 0) is 13.8 Å². The lowest BCUT2D eigenvalue weighted by atomic mass is 10.2. The van der Waals surface area contributed by atoms with E-state index in [0.717, 1.165) is 0 Å². The van der Waals surface area contributed by atoms with Crippen LogP contribution in [-0.4, -0.2) is 9.15 Å². The molecule has 0 aromatic heterocycles. The second-order valence-corrected chi connectivity index (χ2v) is 5.08. The fourth-order valence-electron chi connectivity index (χ4n) is 0. The summed E-state index contributed by atoms with van der Waals surface area (Å²) >= 11 is 6.77. The first kappa shape index (κ1) is 7.96. The van der Waals surface area contributed by atoms with Crippen LogP contribution >= 0.6 is 31.9 Å². The van der Waals surface area contributed by atoms with E-state index < -0.39 is 0 Å². The topological polar surface area (TPSA) is 0 Å². The highest BCUT2D eigenvalue weighted by Gasteiger charge is 2.18. The Morgan fingerprint density at radius 3 is 1.86 bits per heavy atom. The molecule has 0 heterocycles. The maximum absolute atomic E-state index is 3.84. The van der Waals surface area contributed by atoms with E-state index in [1.54, 1.807) is 0 Å². The van der Waals surface area contributed by atoms with Crippen LogP contribution in [0.2, 0.25) is 0 Å². The van der Waals surface area contributed by atoms with Crippen molar-refractivity contribution in [3.8, 4) is 0 Å². The summed E-state index contributed by atoms with van der Waals surface area (Å²) in [6.45, 7) is 7.92. The number of rotatable bonds is 1. The van der Waals surface area contributed by atoms with Crippen LogP contribution in [0.25, 0.3) is 0 Å². The van der Waals surface area contributed by atoms with Crippen molar-refractivity contribution < 1.29 is 0 Å². The van der Waals surface area contributed by atoms with Crippen LogP contribution in [0.1, 0.15) is 13.8 Å². The number of alkyl halides is 2. The number of hydrogen-bond acceptors (Lipinski definition) is 0. The minimum atomic E-state index is -0.0208. The van der Waals surface area contributed by atoms with Crippen LogP contribution in [0.4, 0.5) is 0 Å². The van der Waals surface area contributed by atoms with Gasteiger partial charge in [0.15, 0.2) is 0 Å². The molecule has 0 aliphatic carbocycles. The lowest BCUT2D eigenvalue weighted by molar-refractivity contribution is 0.798. The van der Waals surface area contributed by atoms with E-state index in [2.05, 4.69) is 45.7 Å². The largest absolute Gasteiger partial charge is 0.0879 e. The van der Waals surface area contributed by atoms with Gasteiger partial charge in [-0.2, -0.15) is 0 Å². The maximum atomic E-state index is 3.84. The molecule has 0 aliphatic heterocycles. The highest BCUT2D eigenvalue weighted by molar-refractivity contribution is 9.12. The first-order chi connectivity index (χ1) is 2.94. The zero-order chi connectivity index (χ0) is 6.08. The van der Waals surface area contributed by atoms with Crippen molar-refractivity contribution in [3.63, 3.8) is 0 Å². The molecule has 7 heavy (non-hydrogen) atoms. The molecule has 0 fully saturated rings. The predicted molar refractivity (Wildman–Crippen MR) is 41.1 cm³/mol. The van der Waals surface area contributed by atoms with Gasteiger partial charge in [0.25, 0.3) is 0 Å². The molecule has 43 valence electrons. The van der Waals surface area contributed by atoms with Crippen LogP contribution < -0.4 is 0 Å². The molecule has 0 amide bonds. The van der Waals surface area contributed by atoms with Crippen molar-refractivity contribution in [2.75, 3.05) is 0 Å². The second-order valence-electron chi connectivity index (χ2n) is 1.89. The average molecular weight is 229 g/mol. The van der Waals surface area contributed by atoms with Crippen molar-refractivity contribution in [2.45, 2.75) is 23.0 Å². The summed E-state index contributed by atoms with van der Waals surface area (Å²) in [5.41, 5.74) is 0. The van der Waals surface area contributed by atoms with E-state index in [1.807, 2.05) is 6.92 Å². The molecule has 0 aliphatic rings. The highest BCUT2D eigenvalue weighted by atomic mass is 79.9. The van der Waals surface area contributed by atoms with E-state index in [-0.39, 0.29) is 4.32 Å². The molecule has 0 aromatic rings. The monoisotopic (exact) mass is 227 g/mol. The van der Waals surface area contributed by atoms with Gasteiger partial charge >= 0.3 is 0 Å². The van der Waals surface area contributed by atoms with Gasteiger partial charge in [-0.15, -0.1) is 0 Å². The van der Waals surface area contributed by atoms with Crippen molar-refractivity contribution in [2.24, 2.45) is 0 Å². The molecule has 2 heteroatoms. The van der Waals surface area contributed by atoms with Crippen molar-refractivity contribution in [1.29, 1.82) is 0 Å². The fourth-order valence-corrected chi connectivity index (χ4v) is 0. The Balaban J connectivity index is 3.54. The van der Waals surface area contributed by atoms with E-state index in [9.17, 15) is 0 Å². The SMILES string of the molecule is [CH2]C(C)(Br)C(C)Br. The molecule has 0 N–H and O–H groups in total. The number of halogens is 2. The molecule has 0 bridgehead atoms. The lowest BCUT2D eigenvalue weighted by Crippen LogP contribution is -2.20. The van der Waals surface area contributed by atoms with E-state index in [4.69, 9.17) is 0 Å². The molecule has 0 aromatic carbocycles. The van der Waals surface area contributed by atoms with Gasteiger partial charge in [-0.1, -0.05) is 38.8 Å². The first-order valence-corrected chi connectivity index (χ1v) is 3.84. The summed E-state index contributed by atoms with van der Waals surface area (Å²) in [7, 11) is 0. The van der Waals surface area contributed by atoms with Gasteiger partial charge in [0.1, 0.15) is 0 Å². The quantitative estimate of drug-likeness (QED) is 0.606. The fraction of sp³-hybridized carbons (Fsp3) is 0.800. The van der Waals surface area contributed by atoms with Gasteiger partial charge in [0.05, 0.1) is 0 Å². The highest BCUT2D eigenvalue weighted by Crippen LogP contribution is 2.25. The second kappa shape index (κ2) is 2.49. The molecule has 0 rings (SSSR count). The molecular formula is C5H9Br2. The van der Waals surface area contributed by atoms with E-state index in [0.29, 0.717) is 4.83 Å². The summed E-state index contributed by atoms with van der Waals surface area (Å²) < 4.78 is -0.0208. The molecule has 2 atom stereocenters. The lowest BCUT2D eigenvalue weighted by Gasteiger charge is -2.18. The molecule has 2 unspecified atom stereocenters. The molecular weight excluding hydrogens is 220 g/mol. The first-order valence-electron chi connectivity index (χ1n) is 2.13. The third-order valence-electron chi connectivity index (χ3n) is 0.829. The summed E-state index contributed by atoms with van der Waals surface area (Å²) in [6, 6.07) is 0. The van der Waals surface area contributed by atoms with Gasteiger partial charge in [0, 0.05) is 9.15 Å². The van der Waals surface area contributed by atoms with Crippen LogP contribution in [0, 0.1) is 6.92 Å². The Bertz CT molecular complexity index is 51.6. The van der Waals surface area contributed by atoms with Gasteiger partial charge in [0.2, 0.25) is 0 Å². The van der Waals surface area contributed by atoms with E-state index in [1.165, 1.54) is 0 Å². The standard InChI is InChI=1S/C5H9Br2/c1-4(6)5(2,3)7/h4H,2H2,1,3H3. The third-order valence-corrected chi connectivity index (χ3v) is 3.14. The van der Waals surface area contributed by atoms with Gasteiger partial charge < -0.3 is 0 Å². The van der Waals surface area contributed by atoms with Crippen LogP contribution in [0.15, 0.2) is 0 Å². The minimum absolute atomic E-state index is 0.0208.